The number of benzene rings is 3. The van der Waals surface area contributed by atoms with Gasteiger partial charge in [0.05, 0.1) is 37.8 Å². The third kappa shape index (κ3) is 8.20. The van der Waals surface area contributed by atoms with Crippen LogP contribution in [0.2, 0.25) is 0 Å². The molecule has 324 valence electrons. The lowest BCUT2D eigenvalue weighted by Crippen LogP contribution is -2.56. The van der Waals surface area contributed by atoms with Crippen molar-refractivity contribution in [2.75, 3.05) is 37.5 Å². The van der Waals surface area contributed by atoms with E-state index in [1.807, 2.05) is 80.6 Å². The fraction of sp³-hybridized carbons (Fsp3) is 0.413. The minimum atomic E-state index is -0.851. The Morgan fingerprint density at radius 3 is 2.16 bits per heavy atom. The Morgan fingerprint density at radius 2 is 1.45 bits per heavy atom. The molecular formula is C46H52N8O8. The molecule has 6 amide bonds. The van der Waals surface area contributed by atoms with E-state index in [0.717, 1.165) is 52.0 Å². The van der Waals surface area contributed by atoms with Crippen LogP contribution in [0.3, 0.4) is 0 Å². The van der Waals surface area contributed by atoms with E-state index in [1.54, 1.807) is 16.0 Å². The van der Waals surface area contributed by atoms with Gasteiger partial charge >= 0.3 is 12.2 Å². The second kappa shape index (κ2) is 17.7. The number of methoxy groups -OCH3 is 2. The molecule has 0 radical (unpaired) electrons. The molecule has 4 aromatic rings. The van der Waals surface area contributed by atoms with E-state index in [-0.39, 0.29) is 35.6 Å². The molecule has 0 spiro atoms. The van der Waals surface area contributed by atoms with Gasteiger partial charge in [-0.2, -0.15) is 0 Å². The SMILES string of the molecule is COC(=O)N[C@H]1CCc2cccc3c2N(C1=O)[C@H](C(=O)N1CCC[C@H]1C(=O)Nc1ccc(-c2ccc(-c4cnc([C@@H]5CCCN5C(=O)[C@@H](NC(=O)OC)C(C)C)[nH]4)cc2)cc1)C3. The Balaban J connectivity index is 0.903. The number of carbonyl (C=O) groups excluding carboxylic acids is 6. The number of aryl methyl sites for hydroxylation is 1. The number of likely N-dealkylation sites (tertiary alicyclic amines) is 2. The molecule has 0 unspecified atom stereocenters. The second-order valence-corrected chi connectivity index (χ2v) is 16.6. The molecule has 3 aromatic carbocycles. The predicted octanol–water partition coefficient (Wildman–Crippen LogP) is 5.35. The number of alkyl carbamates (subject to hydrolysis) is 2. The van der Waals surface area contributed by atoms with Crippen LogP contribution in [0.25, 0.3) is 22.4 Å². The first-order chi connectivity index (χ1) is 29.9. The van der Waals surface area contributed by atoms with Gasteiger partial charge in [0.1, 0.15) is 30.0 Å². The summed E-state index contributed by atoms with van der Waals surface area (Å²) in [5.41, 5.74) is 6.82. The van der Waals surface area contributed by atoms with Crippen molar-refractivity contribution >= 4 is 47.2 Å². The highest BCUT2D eigenvalue weighted by Gasteiger charge is 2.47. The molecule has 0 bridgehead atoms. The van der Waals surface area contributed by atoms with Crippen LogP contribution < -0.4 is 20.9 Å². The maximum Gasteiger partial charge on any atom is 0.407 e. The van der Waals surface area contributed by atoms with Crippen LogP contribution in [0.4, 0.5) is 21.0 Å². The predicted molar refractivity (Wildman–Crippen MR) is 230 cm³/mol. The van der Waals surface area contributed by atoms with Gasteiger partial charge in [0.25, 0.3) is 0 Å². The number of para-hydroxylation sites is 1. The Morgan fingerprint density at radius 1 is 0.790 bits per heavy atom. The first-order valence-electron chi connectivity index (χ1n) is 21.3. The van der Waals surface area contributed by atoms with Gasteiger partial charge in [-0.3, -0.25) is 24.1 Å². The highest BCUT2D eigenvalue weighted by Crippen LogP contribution is 2.40. The number of H-pyrrole nitrogens is 1. The van der Waals surface area contributed by atoms with Crippen LogP contribution in [0, 0.1) is 5.92 Å². The third-order valence-electron chi connectivity index (χ3n) is 12.5. The van der Waals surface area contributed by atoms with Gasteiger partial charge in [-0.1, -0.05) is 68.4 Å². The Hall–Kier alpha value is -6.71. The topological polar surface area (TPSA) is 195 Å². The summed E-state index contributed by atoms with van der Waals surface area (Å²) in [7, 11) is 2.52. The van der Waals surface area contributed by atoms with Gasteiger partial charge in [0.2, 0.25) is 23.6 Å². The Bertz CT molecular complexity index is 2360. The fourth-order valence-corrected chi connectivity index (χ4v) is 9.32. The number of ether oxygens (including phenoxy) is 2. The molecule has 16 nitrogen and oxygen atoms in total. The Labute approximate surface area is 359 Å². The van der Waals surface area contributed by atoms with E-state index in [4.69, 9.17) is 9.47 Å². The number of amides is 6. The largest absolute Gasteiger partial charge is 0.453 e. The first-order valence-corrected chi connectivity index (χ1v) is 21.3. The minimum absolute atomic E-state index is 0.126. The van der Waals surface area contributed by atoms with Crippen molar-refractivity contribution in [3.63, 3.8) is 0 Å². The lowest BCUT2D eigenvalue weighted by atomic mass is 10.0. The van der Waals surface area contributed by atoms with Crippen molar-refractivity contribution < 1.29 is 38.2 Å². The maximum atomic E-state index is 14.3. The van der Waals surface area contributed by atoms with E-state index < -0.39 is 36.4 Å². The number of nitrogens with zero attached hydrogens (tertiary/aromatic N) is 4. The van der Waals surface area contributed by atoms with Crippen molar-refractivity contribution in [1.82, 2.24) is 30.4 Å². The van der Waals surface area contributed by atoms with E-state index in [0.29, 0.717) is 56.7 Å². The number of anilines is 2. The molecule has 5 atom stereocenters. The van der Waals surface area contributed by atoms with Crippen molar-refractivity contribution in [3.8, 4) is 22.4 Å². The first kappa shape index (κ1) is 42.0. The monoisotopic (exact) mass is 844 g/mol. The van der Waals surface area contributed by atoms with Crippen LogP contribution in [0.15, 0.2) is 72.9 Å². The summed E-state index contributed by atoms with van der Waals surface area (Å²) in [6.07, 6.45) is 4.39. The summed E-state index contributed by atoms with van der Waals surface area (Å²) < 4.78 is 9.53. The van der Waals surface area contributed by atoms with Gasteiger partial charge in [0, 0.05) is 25.2 Å². The van der Waals surface area contributed by atoms with Gasteiger partial charge in [-0.25, -0.2) is 14.6 Å². The second-order valence-electron chi connectivity index (χ2n) is 16.6. The summed E-state index contributed by atoms with van der Waals surface area (Å²) in [6, 6.07) is 18.0. The lowest BCUT2D eigenvalue weighted by Gasteiger charge is -2.32. The van der Waals surface area contributed by atoms with Crippen LogP contribution in [-0.4, -0.2) is 107 Å². The van der Waals surface area contributed by atoms with Gasteiger partial charge in [-0.05, 0) is 84.4 Å². The maximum absolute atomic E-state index is 14.3. The highest BCUT2D eigenvalue weighted by molar-refractivity contribution is 6.08. The summed E-state index contributed by atoms with van der Waals surface area (Å²) in [6.45, 7) is 4.74. The third-order valence-corrected chi connectivity index (χ3v) is 12.5. The molecule has 0 aliphatic carbocycles. The number of aromatic amines is 1. The smallest absolute Gasteiger partial charge is 0.407 e. The molecule has 5 heterocycles. The number of rotatable bonds is 10. The summed E-state index contributed by atoms with van der Waals surface area (Å²) >= 11 is 0. The molecule has 0 saturated carbocycles. The van der Waals surface area contributed by atoms with Crippen molar-refractivity contribution in [1.29, 1.82) is 0 Å². The van der Waals surface area contributed by atoms with E-state index in [1.165, 1.54) is 19.1 Å². The number of aromatic nitrogens is 2. The molecule has 4 aliphatic rings. The minimum Gasteiger partial charge on any atom is -0.453 e. The van der Waals surface area contributed by atoms with Crippen molar-refractivity contribution in [2.45, 2.75) is 89.0 Å². The zero-order valence-electron chi connectivity index (χ0n) is 35.3. The molecule has 4 aliphatic heterocycles. The summed E-state index contributed by atoms with van der Waals surface area (Å²) in [5.74, 6) is -0.545. The molecule has 1 aromatic heterocycles. The van der Waals surface area contributed by atoms with Crippen LogP contribution in [0.1, 0.15) is 68.9 Å². The van der Waals surface area contributed by atoms with Crippen LogP contribution in [0.5, 0.6) is 0 Å². The molecule has 2 saturated heterocycles. The Kier molecular flexibility index (Phi) is 12.0. The average molecular weight is 845 g/mol. The van der Waals surface area contributed by atoms with Crippen LogP contribution in [-0.2, 0) is 41.5 Å². The van der Waals surface area contributed by atoms with E-state index in [9.17, 15) is 28.8 Å². The zero-order valence-corrected chi connectivity index (χ0v) is 35.3. The van der Waals surface area contributed by atoms with E-state index in [2.05, 4.69) is 25.9 Å². The number of carbonyl (C=O) groups is 6. The molecule has 8 rings (SSSR count). The highest BCUT2D eigenvalue weighted by atomic mass is 16.5. The molecule has 16 heteroatoms. The standard InChI is InChI=1S/C46H52N8O8/c1-26(2)38(51-46(60)62-4)44(58)52-22-6-10-35(52)40-47-25-34(49-40)29-14-12-27(13-15-29)28-16-19-32(20-17-28)48-41(55)36-11-7-23-53(36)43(57)37-24-31-9-5-8-30-18-21-33(50-45(59)61-3)42(56)54(37)39(30)31/h5,8-9,12-17,19-20,25-26,33,35-38H,6-7,10-11,18,21-24H2,1-4H3,(H,47,49)(H,48,55)(H,50,59)(H,51,60)/t33-,35-,36-,37-,38-/m0/s1. The average Bonchev–Trinajstić information content (AvgIpc) is 4.12. The van der Waals surface area contributed by atoms with Gasteiger partial charge in [-0.15, -0.1) is 0 Å². The lowest BCUT2D eigenvalue weighted by molar-refractivity contribution is -0.138. The van der Waals surface area contributed by atoms with Crippen molar-refractivity contribution in [3.05, 3.63) is 89.9 Å². The van der Waals surface area contributed by atoms with Crippen LogP contribution >= 0.6 is 0 Å². The number of hydrogen-bond acceptors (Lipinski definition) is 9. The number of imidazole rings is 1. The molecule has 4 N–H and O–H groups in total. The van der Waals surface area contributed by atoms with Crippen molar-refractivity contribution in [2.24, 2.45) is 5.92 Å². The molecule has 62 heavy (non-hydrogen) atoms. The normalized spacial score (nSPS) is 21.0. The zero-order chi connectivity index (χ0) is 43.7. The van der Waals surface area contributed by atoms with Gasteiger partial charge < -0.3 is 40.2 Å². The van der Waals surface area contributed by atoms with E-state index >= 15 is 0 Å². The quantitative estimate of drug-likeness (QED) is 0.163. The number of nitrogens with one attached hydrogen (secondary N) is 4. The molecular weight excluding hydrogens is 793 g/mol. The van der Waals surface area contributed by atoms with Gasteiger partial charge in [0.15, 0.2) is 0 Å². The number of hydrogen-bond donors (Lipinski definition) is 4. The summed E-state index contributed by atoms with van der Waals surface area (Å²) in [4.78, 5) is 92.7. The molecule has 2 fully saturated rings. The summed E-state index contributed by atoms with van der Waals surface area (Å²) in [5, 5.41) is 8.34. The fourth-order valence-electron chi connectivity index (χ4n) is 9.32.